The normalized spacial score (nSPS) is 18.1. The van der Waals surface area contributed by atoms with Gasteiger partial charge in [-0.25, -0.2) is 0 Å². The van der Waals surface area contributed by atoms with Gasteiger partial charge in [-0.3, -0.25) is 14.4 Å². The fraction of sp³-hybridized carbons (Fsp3) is 0.550. The van der Waals surface area contributed by atoms with E-state index >= 15 is 0 Å². The molecular weight excluding hydrogens is 344 g/mol. The molecule has 3 rings (SSSR count). The SMILES string of the molecule is O=C(NCC(=O)N1CCN(c2ccccc2)CC1)C(=O)NC1CCCCC1. The largest absolute Gasteiger partial charge is 0.368 e. The van der Waals surface area contributed by atoms with Crippen molar-refractivity contribution in [3.8, 4) is 0 Å². The number of piperazine rings is 1. The Morgan fingerprint density at radius 2 is 1.56 bits per heavy atom. The van der Waals surface area contributed by atoms with Gasteiger partial charge in [-0.15, -0.1) is 0 Å². The lowest BCUT2D eigenvalue weighted by atomic mass is 9.95. The van der Waals surface area contributed by atoms with Gasteiger partial charge in [0.15, 0.2) is 0 Å². The summed E-state index contributed by atoms with van der Waals surface area (Å²) in [6, 6.07) is 10.2. The van der Waals surface area contributed by atoms with Gasteiger partial charge in [0, 0.05) is 37.9 Å². The second kappa shape index (κ2) is 9.39. The molecule has 1 aromatic carbocycles. The Balaban J connectivity index is 1.38. The predicted octanol–water partition coefficient (Wildman–Crippen LogP) is 0.900. The van der Waals surface area contributed by atoms with E-state index in [1.807, 2.05) is 18.2 Å². The molecular formula is C20H28N4O3. The Hall–Kier alpha value is -2.57. The summed E-state index contributed by atoms with van der Waals surface area (Å²) in [4.78, 5) is 40.2. The van der Waals surface area contributed by atoms with Crippen molar-refractivity contribution in [1.29, 1.82) is 0 Å². The summed E-state index contributed by atoms with van der Waals surface area (Å²) in [7, 11) is 0. The molecule has 2 fully saturated rings. The van der Waals surface area contributed by atoms with Crippen molar-refractivity contribution < 1.29 is 14.4 Å². The van der Waals surface area contributed by atoms with E-state index in [1.165, 1.54) is 6.42 Å². The van der Waals surface area contributed by atoms with E-state index in [9.17, 15) is 14.4 Å². The third-order valence-corrected chi connectivity index (χ3v) is 5.30. The number of carbonyl (C=O) groups is 3. The van der Waals surface area contributed by atoms with Crippen molar-refractivity contribution >= 4 is 23.4 Å². The average molecular weight is 372 g/mol. The van der Waals surface area contributed by atoms with Gasteiger partial charge in [-0.2, -0.15) is 0 Å². The molecule has 2 N–H and O–H groups in total. The molecule has 0 bridgehead atoms. The quantitative estimate of drug-likeness (QED) is 0.770. The van der Waals surface area contributed by atoms with Crippen molar-refractivity contribution in [2.75, 3.05) is 37.6 Å². The molecule has 2 aliphatic rings. The first-order valence-corrected chi connectivity index (χ1v) is 9.80. The molecule has 3 amide bonds. The number of rotatable bonds is 4. The number of nitrogens with zero attached hydrogens (tertiary/aromatic N) is 2. The molecule has 0 radical (unpaired) electrons. The maximum absolute atomic E-state index is 12.3. The van der Waals surface area contributed by atoms with Crippen molar-refractivity contribution in [1.82, 2.24) is 15.5 Å². The van der Waals surface area contributed by atoms with Gasteiger partial charge < -0.3 is 20.4 Å². The summed E-state index contributed by atoms with van der Waals surface area (Å²) in [6.07, 6.45) is 5.19. The summed E-state index contributed by atoms with van der Waals surface area (Å²) in [6.45, 7) is 2.59. The molecule has 146 valence electrons. The Bertz CT molecular complexity index is 650. The third-order valence-electron chi connectivity index (χ3n) is 5.30. The number of amides is 3. The number of hydrogen-bond acceptors (Lipinski definition) is 4. The van der Waals surface area contributed by atoms with Gasteiger partial charge in [0.2, 0.25) is 5.91 Å². The topological polar surface area (TPSA) is 81.8 Å². The van der Waals surface area contributed by atoms with Gasteiger partial charge in [0.25, 0.3) is 0 Å². The highest BCUT2D eigenvalue weighted by Crippen LogP contribution is 2.17. The molecule has 1 saturated carbocycles. The van der Waals surface area contributed by atoms with Crippen LogP contribution in [0, 0.1) is 0 Å². The van der Waals surface area contributed by atoms with E-state index in [0.717, 1.165) is 44.5 Å². The highest BCUT2D eigenvalue weighted by Gasteiger charge is 2.24. The zero-order valence-electron chi connectivity index (χ0n) is 15.7. The Morgan fingerprint density at radius 1 is 0.889 bits per heavy atom. The van der Waals surface area contributed by atoms with Crippen LogP contribution in [0.2, 0.25) is 0 Å². The minimum atomic E-state index is -0.725. The Kier molecular flexibility index (Phi) is 6.68. The summed E-state index contributed by atoms with van der Waals surface area (Å²) < 4.78 is 0. The highest BCUT2D eigenvalue weighted by atomic mass is 16.2. The third kappa shape index (κ3) is 5.45. The molecule has 7 nitrogen and oxygen atoms in total. The first-order chi connectivity index (χ1) is 13.1. The van der Waals surface area contributed by atoms with E-state index in [0.29, 0.717) is 13.1 Å². The minimum Gasteiger partial charge on any atom is -0.368 e. The smallest absolute Gasteiger partial charge is 0.309 e. The molecule has 0 atom stereocenters. The molecule has 0 aromatic heterocycles. The van der Waals surface area contributed by atoms with Crippen LogP contribution in [0.25, 0.3) is 0 Å². The fourth-order valence-electron chi connectivity index (χ4n) is 3.70. The molecule has 1 aliphatic carbocycles. The molecule has 27 heavy (non-hydrogen) atoms. The lowest BCUT2D eigenvalue weighted by Gasteiger charge is -2.36. The number of anilines is 1. The zero-order chi connectivity index (χ0) is 19.1. The molecule has 7 heteroatoms. The molecule has 1 aliphatic heterocycles. The highest BCUT2D eigenvalue weighted by molar-refractivity contribution is 6.35. The van der Waals surface area contributed by atoms with Crippen LogP contribution in [0.3, 0.4) is 0 Å². The number of carbonyl (C=O) groups excluding carboxylic acids is 3. The summed E-state index contributed by atoms with van der Waals surface area (Å²) in [5.74, 6) is -1.51. The van der Waals surface area contributed by atoms with Crippen LogP contribution in [-0.4, -0.2) is 61.4 Å². The van der Waals surface area contributed by atoms with Gasteiger partial charge in [-0.05, 0) is 25.0 Å². The fourth-order valence-corrected chi connectivity index (χ4v) is 3.70. The minimum absolute atomic E-state index is 0.0822. The lowest BCUT2D eigenvalue weighted by molar-refractivity contribution is -0.141. The number of para-hydroxylation sites is 1. The van der Waals surface area contributed by atoms with E-state index in [-0.39, 0.29) is 18.5 Å². The molecule has 0 spiro atoms. The summed E-state index contributed by atoms with van der Waals surface area (Å²) in [5, 5.41) is 5.22. The van der Waals surface area contributed by atoms with E-state index in [4.69, 9.17) is 0 Å². The number of nitrogens with one attached hydrogen (secondary N) is 2. The van der Waals surface area contributed by atoms with Crippen LogP contribution < -0.4 is 15.5 Å². The second-order valence-electron chi connectivity index (χ2n) is 7.19. The van der Waals surface area contributed by atoms with Crippen LogP contribution in [0.4, 0.5) is 5.69 Å². The second-order valence-corrected chi connectivity index (χ2v) is 7.19. The van der Waals surface area contributed by atoms with E-state index in [2.05, 4.69) is 27.7 Å². The van der Waals surface area contributed by atoms with Crippen LogP contribution in [0.5, 0.6) is 0 Å². The molecule has 1 heterocycles. The molecule has 0 unspecified atom stereocenters. The zero-order valence-corrected chi connectivity index (χ0v) is 15.7. The Morgan fingerprint density at radius 3 is 2.22 bits per heavy atom. The van der Waals surface area contributed by atoms with E-state index < -0.39 is 11.8 Å². The molecule has 1 saturated heterocycles. The predicted molar refractivity (Wildman–Crippen MR) is 103 cm³/mol. The van der Waals surface area contributed by atoms with E-state index in [1.54, 1.807) is 4.90 Å². The van der Waals surface area contributed by atoms with Crippen LogP contribution in [-0.2, 0) is 14.4 Å². The van der Waals surface area contributed by atoms with Crippen molar-refractivity contribution in [2.24, 2.45) is 0 Å². The standard InChI is InChI=1S/C20H28N4O3/c25-18(15-21-19(26)20(27)22-16-7-3-1-4-8-16)24-13-11-23(12-14-24)17-9-5-2-6-10-17/h2,5-6,9-10,16H,1,3-4,7-8,11-15H2,(H,21,26)(H,22,27). The van der Waals surface area contributed by atoms with Gasteiger partial charge in [0.05, 0.1) is 6.54 Å². The lowest BCUT2D eigenvalue weighted by Crippen LogP contribution is -2.52. The average Bonchev–Trinajstić information content (AvgIpc) is 2.73. The van der Waals surface area contributed by atoms with Crippen molar-refractivity contribution in [3.05, 3.63) is 30.3 Å². The van der Waals surface area contributed by atoms with Gasteiger partial charge >= 0.3 is 11.8 Å². The first kappa shape index (κ1) is 19.2. The van der Waals surface area contributed by atoms with Crippen LogP contribution >= 0.6 is 0 Å². The van der Waals surface area contributed by atoms with Crippen LogP contribution in [0.1, 0.15) is 32.1 Å². The summed E-state index contributed by atoms with van der Waals surface area (Å²) in [5.41, 5.74) is 1.15. The van der Waals surface area contributed by atoms with Crippen molar-refractivity contribution in [2.45, 2.75) is 38.1 Å². The van der Waals surface area contributed by atoms with Crippen molar-refractivity contribution in [3.63, 3.8) is 0 Å². The maximum atomic E-state index is 12.3. The van der Waals surface area contributed by atoms with Gasteiger partial charge in [-0.1, -0.05) is 37.5 Å². The van der Waals surface area contributed by atoms with Gasteiger partial charge in [0.1, 0.15) is 0 Å². The number of benzene rings is 1. The summed E-state index contributed by atoms with van der Waals surface area (Å²) >= 11 is 0. The Labute approximate surface area is 160 Å². The number of hydrogen-bond donors (Lipinski definition) is 2. The maximum Gasteiger partial charge on any atom is 0.309 e. The van der Waals surface area contributed by atoms with Crippen LogP contribution in [0.15, 0.2) is 30.3 Å². The first-order valence-electron chi connectivity index (χ1n) is 9.80. The molecule has 1 aromatic rings. The monoisotopic (exact) mass is 372 g/mol.